The van der Waals surface area contributed by atoms with Crippen LogP contribution in [0.2, 0.25) is 10.0 Å². The van der Waals surface area contributed by atoms with Gasteiger partial charge >= 0.3 is 0 Å². The van der Waals surface area contributed by atoms with Crippen LogP contribution in [0.3, 0.4) is 0 Å². The van der Waals surface area contributed by atoms with E-state index in [0.29, 0.717) is 21.2 Å². The molecular formula is C25H20Cl2N4O2. The predicted octanol–water partition coefficient (Wildman–Crippen LogP) is 4.89. The van der Waals surface area contributed by atoms with E-state index >= 15 is 0 Å². The van der Waals surface area contributed by atoms with Gasteiger partial charge in [0.15, 0.2) is 5.49 Å². The highest BCUT2D eigenvalue weighted by Crippen LogP contribution is 2.32. The number of pyridine rings is 1. The van der Waals surface area contributed by atoms with Crippen molar-refractivity contribution in [1.29, 1.82) is 0 Å². The molecule has 1 saturated carbocycles. The Morgan fingerprint density at radius 2 is 1.70 bits per heavy atom. The minimum Gasteiger partial charge on any atom is -0.355 e. The summed E-state index contributed by atoms with van der Waals surface area (Å²) in [6.45, 7) is 0. The predicted molar refractivity (Wildman–Crippen MR) is 130 cm³/mol. The molecule has 1 aromatic heterocycles. The number of benzene rings is 2. The average Bonchev–Trinajstić information content (AvgIpc) is 2.80. The van der Waals surface area contributed by atoms with E-state index in [-0.39, 0.29) is 23.3 Å². The highest BCUT2D eigenvalue weighted by atomic mass is 35.5. The van der Waals surface area contributed by atoms with Gasteiger partial charge in [-0.1, -0.05) is 35.7 Å². The highest BCUT2D eigenvalue weighted by Gasteiger charge is 2.30. The quantitative estimate of drug-likeness (QED) is 0.559. The van der Waals surface area contributed by atoms with Crippen LogP contribution >= 0.6 is 23.2 Å². The lowest BCUT2D eigenvalue weighted by molar-refractivity contribution is -0.120. The molecule has 0 spiro atoms. The van der Waals surface area contributed by atoms with Crippen LogP contribution in [0.15, 0.2) is 59.7 Å². The van der Waals surface area contributed by atoms with Crippen molar-refractivity contribution >= 4 is 57.7 Å². The van der Waals surface area contributed by atoms with Gasteiger partial charge < -0.3 is 10.6 Å². The van der Waals surface area contributed by atoms with Crippen LogP contribution in [0.5, 0.6) is 0 Å². The Hall–Kier alpha value is -3.22. The van der Waals surface area contributed by atoms with Crippen LogP contribution in [0.1, 0.15) is 36.0 Å². The lowest BCUT2D eigenvalue weighted by Crippen LogP contribution is -2.41. The Morgan fingerprint density at radius 1 is 0.970 bits per heavy atom. The lowest BCUT2D eigenvalue weighted by Gasteiger charge is -2.25. The molecule has 1 aliphatic heterocycles. The molecule has 1 unspecified atom stereocenters. The Balaban J connectivity index is 1.41. The molecule has 0 bridgehead atoms. The molecule has 33 heavy (non-hydrogen) atoms. The zero-order chi connectivity index (χ0) is 22.9. The van der Waals surface area contributed by atoms with Crippen LogP contribution in [0.25, 0.3) is 5.57 Å². The van der Waals surface area contributed by atoms with E-state index in [1.807, 2.05) is 18.2 Å². The fraction of sp³-hybridized carbons (Fsp3) is 0.200. The van der Waals surface area contributed by atoms with Crippen molar-refractivity contribution in [3.8, 4) is 0 Å². The number of carbonyl (C=O) groups excluding carboxylic acids is 2. The zero-order valence-corrected chi connectivity index (χ0v) is 19.1. The van der Waals surface area contributed by atoms with Crippen LogP contribution in [-0.2, 0) is 4.79 Å². The molecule has 0 saturated heterocycles. The second kappa shape index (κ2) is 8.96. The maximum absolute atomic E-state index is 12.6. The van der Waals surface area contributed by atoms with Crippen LogP contribution in [-0.4, -0.2) is 16.8 Å². The van der Waals surface area contributed by atoms with E-state index in [4.69, 9.17) is 23.2 Å². The normalized spacial score (nSPS) is 17.0. The van der Waals surface area contributed by atoms with E-state index in [0.717, 1.165) is 47.8 Å². The molecule has 1 aliphatic carbocycles. The van der Waals surface area contributed by atoms with Gasteiger partial charge in [0.25, 0.3) is 11.8 Å². The molecular weight excluding hydrogens is 459 g/mol. The van der Waals surface area contributed by atoms with E-state index in [1.165, 1.54) is 0 Å². The second-order valence-electron chi connectivity index (χ2n) is 8.08. The summed E-state index contributed by atoms with van der Waals surface area (Å²) in [6, 6.07) is 14.2. The number of carbonyl (C=O) groups is 2. The number of nitrogens with zero attached hydrogens (tertiary/aromatic N) is 2. The minimum atomic E-state index is -0.375. The summed E-state index contributed by atoms with van der Waals surface area (Å²) in [4.78, 5) is 33.6. The van der Waals surface area contributed by atoms with Crippen molar-refractivity contribution in [1.82, 2.24) is 4.98 Å². The first-order valence-electron chi connectivity index (χ1n) is 10.7. The molecule has 3 aromatic rings. The van der Waals surface area contributed by atoms with E-state index in [9.17, 15) is 9.59 Å². The van der Waals surface area contributed by atoms with E-state index in [2.05, 4.69) is 20.6 Å². The molecule has 166 valence electrons. The van der Waals surface area contributed by atoms with E-state index in [1.54, 1.807) is 36.5 Å². The van der Waals surface area contributed by atoms with Crippen molar-refractivity contribution in [2.75, 3.05) is 10.6 Å². The third kappa shape index (κ3) is 4.24. The SMILES string of the molecule is O=C(Nc1ccc(Nc2ccnc3c2=C2CCCCC2C(=O)N=3)cc1)c1c(Cl)cccc1Cl. The summed E-state index contributed by atoms with van der Waals surface area (Å²) in [7, 11) is 0. The molecule has 5 rings (SSSR count). The molecule has 1 fully saturated rings. The largest absolute Gasteiger partial charge is 0.355 e. The Bertz CT molecular complexity index is 1370. The van der Waals surface area contributed by atoms with Gasteiger partial charge in [0, 0.05) is 22.8 Å². The van der Waals surface area contributed by atoms with Crippen LogP contribution in [0.4, 0.5) is 17.1 Å². The smallest absolute Gasteiger partial charge is 0.258 e. The van der Waals surface area contributed by atoms with Gasteiger partial charge in [-0.3, -0.25) is 9.59 Å². The topological polar surface area (TPSA) is 83.5 Å². The Labute approximate surface area is 200 Å². The number of anilines is 3. The molecule has 2 N–H and O–H groups in total. The number of fused-ring (bicyclic) bond motifs is 2. The fourth-order valence-corrected chi connectivity index (χ4v) is 4.99. The molecule has 2 aliphatic rings. The standard InChI is InChI=1S/C25H20Cl2N4O2/c26-18-6-3-7-19(27)22(18)25(33)30-15-10-8-14(9-11-15)29-20-12-13-28-23-21(20)16-4-1-2-5-17(16)24(32)31-23/h3,6-13,17,29H,1-2,4-5H2,(H,30,33). The molecule has 2 heterocycles. The molecule has 8 heteroatoms. The van der Waals surface area contributed by atoms with Gasteiger partial charge in [0.2, 0.25) is 0 Å². The van der Waals surface area contributed by atoms with E-state index < -0.39 is 0 Å². The third-order valence-electron chi connectivity index (χ3n) is 5.99. The zero-order valence-electron chi connectivity index (χ0n) is 17.6. The van der Waals surface area contributed by atoms with Crippen molar-refractivity contribution in [3.63, 3.8) is 0 Å². The number of hydrogen-bond acceptors (Lipinski definition) is 4. The summed E-state index contributed by atoms with van der Waals surface area (Å²) < 4.78 is 0. The summed E-state index contributed by atoms with van der Waals surface area (Å²) in [5, 5.41) is 7.77. The molecule has 6 nitrogen and oxygen atoms in total. The Morgan fingerprint density at radius 3 is 2.45 bits per heavy atom. The van der Waals surface area contributed by atoms with Crippen molar-refractivity contribution in [2.45, 2.75) is 25.7 Å². The summed E-state index contributed by atoms with van der Waals surface area (Å²) in [6.07, 6.45) is 5.49. The number of amides is 2. The van der Waals surface area contributed by atoms with Crippen LogP contribution in [0, 0.1) is 5.92 Å². The average molecular weight is 479 g/mol. The van der Waals surface area contributed by atoms with Gasteiger partial charge in [-0.25, -0.2) is 4.98 Å². The molecule has 0 radical (unpaired) electrons. The second-order valence-corrected chi connectivity index (χ2v) is 8.90. The first-order valence-corrected chi connectivity index (χ1v) is 11.5. The monoisotopic (exact) mass is 478 g/mol. The number of hydrogen-bond donors (Lipinski definition) is 2. The van der Waals surface area contributed by atoms with Gasteiger partial charge in [0.05, 0.1) is 27.2 Å². The number of aromatic nitrogens is 1. The minimum absolute atomic E-state index is 0.0828. The number of halogens is 2. The van der Waals surface area contributed by atoms with Crippen molar-refractivity contribution in [2.24, 2.45) is 10.9 Å². The van der Waals surface area contributed by atoms with Crippen molar-refractivity contribution < 1.29 is 9.59 Å². The van der Waals surface area contributed by atoms with Gasteiger partial charge in [-0.15, -0.1) is 0 Å². The maximum atomic E-state index is 12.6. The van der Waals surface area contributed by atoms with Gasteiger partial charge in [-0.05, 0) is 67.3 Å². The van der Waals surface area contributed by atoms with Crippen molar-refractivity contribution in [3.05, 3.63) is 81.0 Å². The maximum Gasteiger partial charge on any atom is 0.258 e. The van der Waals surface area contributed by atoms with Gasteiger partial charge in [0.1, 0.15) is 0 Å². The molecule has 2 amide bonds. The number of nitrogens with one attached hydrogen (secondary N) is 2. The summed E-state index contributed by atoms with van der Waals surface area (Å²) in [5.74, 6) is -0.591. The van der Waals surface area contributed by atoms with Gasteiger partial charge in [-0.2, -0.15) is 4.99 Å². The summed E-state index contributed by atoms with van der Waals surface area (Å²) >= 11 is 12.3. The Kier molecular flexibility index (Phi) is 5.87. The lowest BCUT2D eigenvalue weighted by atomic mass is 9.81. The third-order valence-corrected chi connectivity index (χ3v) is 6.62. The fourth-order valence-electron chi connectivity index (χ4n) is 4.42. The molecule has 1 atom stereocenters. The first-order chi connectivity index (χ1) is 16.0. The van der Waals surface area contributed by atoms with Crippen LogP contribution < -0.4 is 21.3 Å². The molecule has 2 aromatic carbocycles. The number of rotatable bonds is 4. The first kappa shape index (κ1) is 21.6. The summed E-state index contributed by atoms with van der Waals surface area (Å²) in [5.41, 5.74) is 4.18. The highest BCUT2D eigenvalue weighted by molar-refractivity contribution is 6.40.